The van der Waals surface area contributed by atoms with Crippen LogP contribution in [0.15, 0.2) is 23.1 Å². The summed E-state index contributed by atoms with van der Waals surface area (Å²) in [6.45, 7) is 0. The van der Waals surface area contributed by atoms with E-state index in [0.717, 1.165) is 12.8 Å². The fraction of sp³-hybridized carbons (Fsp3) is 0.462. The van der Waals surface area contributed by atoms with Crippen molar-refractivity contribution < 1.29 is 13.5 Å². The van der Waals surface area contributed by atoms with Crippen LogP contribution in [0.1, 0.15) is 31.2 Å². The predicted octanol–water partition coefficient (Wildman–Crippen LogP) is 1.79. The van der Waals surface area contributed by atoms with Gasteiger partial charge >= 0.3 is 0 Å². The van der Waals surface area contributed by atoms with Crippen molar-refractivity contribution in [2.24, 2.45) is 0 Å². The summed E-state index contributed by atoms with van der Waals surface area (Å²) in [5.41, 5.74) is 0.298. The first-order valence-electron chi connectivity index (χ1n) is 6.34. The highest BCUT2D eigenvalue weighted by Crippen LogP contribution is 2.25. The molecule has 7 heteroatoms. The molecule has 0 radical (unpaired) electrons. The van der Waals surface area contributed by atoms with Crippen LogP contribution in [-0.4, -0.2) is 25.7 Å². The summed E-state index contributed by atoms with van der Waals surface area (Å²) in [5, 5.41) is 18.6. The lowest BCUT2D eigenvalue weighted by Gasteiger charge is -2.28. The Morgan fingerprint density at radius 2 is 2.05 bits per heavy atom. The Hall–Kier alpha value is -1.13. The fourth-order valence-electron chi connectivity index (χ4n) is 2.30. The van der Waals surface area contributed by atoms with E-state index in [0.29, 0.717) is 18.4 Å². The topological polar surface area (TPSA) is 90.2 Å². The summed E-state index contributed by atoms with van der Waals surface area (Å²) >= 11 is 5.91. The van der Waals surface area contributed by atoms with Crippen LogP contribution in [0.4, 0.5) is 0 Å². The van der Waals surface area contributed by atoms with Gasteiger partial charge in [-0.05, 0) is 31.0 Å². The summed E-state index contributed by atoms with van der Waals surface area (Å²) < 4.78 is 27.0. The normalized spacial score (nSPS) is 23.2. The number of benzene rings is 1. The van der Waals surface area contributed by atoms with E-state index in [1.165, 1.54) is 18.2 Å². The number of nitrogens with zero attached hydrogens (tertiary/aromatic N) is 1. The zero-order valence-electron chi connectivity index (χ0n) is 10.7. The molecular formula is C13H15ClN2O3S. The summed E-state index contributed by atoms with van der Waals surface area (Å²) in [5.74, 6) is 0. The lowest BCUT2D eigenvalue weighted by molar-refractivity contribution is 0.101. The molecule has 2 rings (SSSR count). The minimum atomic E-state index is -3.80. The van der Waals surface area contributed by atoms with Crippen LogP contribution >= 0.6 is 11.6 Å². The molecule has 1 aliphatic carbocycles. The van der Waals surface area contributed by atoms with Gasteiger partial charge in [0.1, 0.15) is 4.90 Å². The van der Waals surface area contributed by atoms with Crippen LogP contribution in [0.5, 0.6) is 0 Å². The molecule has 0 bridgehead atoms. The van der Waals surface area contributed by atoms with Crippen molar-refractivity contribution in [1.82, 2.24) is 4.72 Å². The van der Waals surface area contributed by atoms with E-state index in [1.54, 1.807) is 0 Å². The molecule has 0 spiro atoms. The van der Waals surface area contributed by atoms with Crippen LogP contribution in [0.25, 0.3) is 0 Å². The molecule has 1 saturated carbocycles. The maximum absolute atomic E-state index is 12.3. The number of nitriles is 1. The first-order valence-corrected chi connectivity index (χ1v) is 8.20. The Kier molecular flexibility index (Phi) is 4.66. The number of hydrogen-bond acceptors (Lipinski definition) is 4. The zero-order valence-corrected chi connectivity index (χ0v) is 12.3. The SMILES string of the molecule is N#Cc1ccc(S(=O)(=O)NC2CCCCC2O)c(Cl)c1. The Balaban J connectivity index is 2.24. The highest BCUT2D eigenvalue weighted by Gasteiger charge is 2.29. The minimum Gasteiger partial charge on any atom is -0.391 e. The molecule has 2 atom stereocenters. The van der Waals surface area contributed by atoms with E-state index < -0.39 is 22.2 Å². The number of halogens is 1. The largest absolute Gasteiger partial charge is 0.391 e. The molecule has 0 heterocycles. The van der Waals surface area contributed by atoms with E-state index >= 15 is 0 Å². The maximum atomic E-state index is 12.3. The third kappa shape index (κ3) is 3.30. The number of rotatable bonds is 3. The third-order valence-corrected chi connectivity index (χ3v) is 5.36. The lowest BCUT2D eigenvalue weighted by Crippen LogP contribution is -2.45. The van der Waals surface area contributed by atoms with Crippen LogP contribution in [0.2, 0.25) is 5.02 Å². The van der Waals surface area contributed by atoms with Gasteiger partial charge in [0.25, 0.3) is 0 Å². The Morgan fingerprint density at radius 1 is 1.35 bits per heavy atom. The van der Waals surface area contributed by atoms with Gasteiger partial charge in [-0.15, -0.1) is 0 Å². The van der Waals surface area contributed by atoms with Crippen molar-refractivity contribution in [3.05, 3.63) is 28.8 Å². The summed E-state index contributed by atoms with van der Waals surface area (Å²) in [7, 11) is -3.80. The summed E-state index contributed by atoms with van der Waals surface area (Å²) in [4.78, 5) is -0.0732. The van der Waals surface area contributed by atoms with Crippen molar-refractivity contribution >= 4 is 21.6 Å². The van der Waals surface area contributed by atoms with Gasteiger partial charge < -0.3 is 5.11 Å². The van der Waals surface area contributed by atoms with Gasteiger partial charge in [0.2, 0.25) is 10.0 Å². The summed E-state index contributed by atoms with van der Waals surface area (Å²) in [6, 6.07) is 5.43. The highest BCUT2D eigenvalue weighted by atomic mass is 35.5. The quantitative estimate of drug-likeness (QED) is 0.890. The highest BCUT2D eigenvalue weighted by molar-refractivity contribution is 7.89. The predicted molar refractivity (Wildman–Crippen MR) is 74.8 cm³/mol. The molecule has 0 aliphatic heterocycles. The average Bonchev–Trinajstić information content (AvgIpc) is 2.40. The van der Waals surface area contributed by atoms with Crippen molar-refractivity contribution in [3.63, 3.8) is 0 Å². The van der Waals surface area contributed by atoms with E-state index in [9.17, 15) is 13.5 Å². The molecule has 0 aromatic heterocycles. The molecule has 1 fully saturated rings. The van der Waals surface area contributed by atoms with Crippen LogP contribution in [0, 0.1) is 11.3 Å². The zero-order chi connectivity index (χ0) is 14.8. The molecule has 2 N–H and O–H groups in total. The fourth-order valence-corrected chi connectivity index (χ4v) is 4.15. The van der Waals surface area contributed by atoms with E-state index in [-0.39, 0.29) is 9.92 Å². The minimum absolute atomic E-state index is 0.00171. The van der Waals surface area contributed by atoms with Gasteiger partial charge in [0, 0.05) is 6.04 Å². The molecule has 1 aliphatic rings. The van der Waals surface area contributed by atoms with Crippen molar-refractivity contribution in [2.45, 2.75) is 42.7 Å². The molecule has 1 aromatic carbocycles. The molecule has 108 valence electrons. The molecule has 0 saturated heterocycles. The van der Waals surface area contributed by atoms with Gasteiger partial charge in [-0.1, -0.05) is 24.4 Å². The van der Waals surface area contributed by atoms with Gasteiger partial charge in [-0.25, -0.2) is 13.1 Å². The van der Waals surface area contributed by atoms with Crippen LogP contribution < -0.4 is 4.72 Å². The van der Waals surface area contributed by atoms with Crippen molar-refractivity contribution in [2.75, 3.05) is 0 Å². The maximum Gasteiger partial charge on any atom is 0.242 e. The van der Waals surface area contributed by atoms with Crippen molar-refractivity contribution in [3.8, 4) is 6.07 Å². The second kappa shape index (κ2) is 6.10. The van der Waals surface area contributed by atoms with E-state index in [1.807, 2.05) is 6.07 Å². The number of aliphatic hydroxyl groups is 1. The first kappa shape index (κ1) is 15.3. The van der Waals surface area contributed by atoms with E-state index in [2.05, 4.69) is 4.72 Å². The number of hydrogen-bond donors (Lipinski definition) is 2. The molecule has 5 nitrogen and oxygen atoms in total. The standard InChI is InChI=1S/C13H15ClN2O3S/c14-10-7-9(8-15)5-6-13(10)20(18,19)16-11-3-1-2-4-12(11)17/h5-7,11-12,16-17H,1-4H2. The van der Waals surface area contributed by atoms with Gasteiger partial charge in [0.15, 0.2) is 0 Å². The first-order chi connectivity index (χ1) is 9.44. The number of sulfonamides is 1. The van der Waals surface area contributed by atoms with Gasteiger partial charge in [0.05, 0.1) is 22.8 Å². The molecule has 20 heavy (non-hydrogen) atoms. The van der Waals surface area contributed by atoms with Crippen LogP contribution in [0.3, 0.4) is 0 Å². The number of aliphatic hydroxyl groups excluding tert-OH is 1. The number of nitrogens with one attached hydrogen (secondary N) is 1. The average molecular weight is 315 g/mol. The van der Waals surface area contributed by atoms with Gasteiger partial charge in [-0.2, -0.15) is 5.26 Å². The van der Waals surface area contributed by atoms with Crippen molar-refractivity contribution in [1.29, 1.82) is 5.26 Å². The third-order valence-electron chi connectivity index (χ3n) is 3.39. The Labute approximate surface area is 123 Å². The van der Waals surface area contributed by atoms with E-state index in [4.69, 9.17) is 16.9 Å². The summed E-state index contributed by atoms with van der Waals surface area (Å²) in [6.07, 6.45) is 2.31. The monoisotopic (exact) mass is 314 g/mol. The Bertz CT molecular complexity index is 640. The lowest BCUT2D eigenvalue weighted by atomic mass is 9.93. The second-order valence-corrected chi connectivity index (χ2v) is 6.93. The molecular weight excluding hydrogens is 300 g/mol. The molecule has 2 unspecified atom stereocenters. The smallest absolute Gasteiger partial charge is 0.242 e. The second-order valence-electron chi connectivity index (χ2n) is 4.84. The molecule has 1 aromatic rings. The van der Waals surface area contributed by atoms with Crippen LogP contribution in [-0.2, 0) is 10.0 Å². The Morgan fingerprint density at radius 3 is 2.65 bits per heavy atom. The molecule has 0 amide bonds. The van der Waals surface area contributed by atoms with Gasteiger partial charge in [-0.3, -0.25) is 0 Å².